The van der Waals surface area contributed by atoms with Gasteiger partial charge in [0, 0.05) is 24.2 Å². The molecule has 5 heteroatoms. The molecule has 1 saturated heterocycles. The van der Waals surface area contributed by atoms with Gasteiger partial charge in [-0.1, -0.05) is 23.2 Å². The molecule has 104 valence electrons. The van der Waals surface area contributed by atoms with Crippen LogP contribution >= 0.6 is 23.2 Å². The van der Waals surface area contributed by atoms with Crippen LogP contribution in [-0.2, 0) is 0 Å². The fourth-order valence-electron chi connectivity index (χ4n) is 2.43. The summed E-state index contributed by atoms with van der Waals surface area (Å²) in [6, 6.07) is 5.05. The number of hydrogen-bond acceptors (Lipinski definition) is 2. The highest BCUT2D eigenvalue weighted by Crippen LogP contribution is 2.27. The lowest BCUT2D eigenvalue weighted by atomic mass is 9.93. The number of carbonyl (C=O) groups excluding carboxylic acids is 1. The first kappa shape index (κ1) is 14.6. The Morgan fingerprint density at radius 2 is 2.16 bits per heavy atom. The van der Waals surface area contributed by atoms with Crippen molar-refractivity contribution in [2.45, 2.75) is 25.8 Å². The van der Waals surface area contributed by atoms with Crippen molar-refractivity contribution in [1.29, 1.82) is 0 Å². The molecule has 19 heavy (non-hydrogen) atoms. The van der Waals surface area contributed by atoms with Gasteiger partial charge in [0.1, 0.15) is 0 Å². The van der Waals surface area contributed by atoms with Crippen LogP contribution < -0.4 is 0 Å². The van der Waals surface area contributed by atoms with E-state index >= 15 is 0 Å². The minimum atomic E-state index is -0.113. The van der Waals surface area contributed by atoms with E-state index in [1.165, 1.54) is 0 Å². The van der Waals surface area contributed by atoms with E-state index in [0.29, 0.717) is 22.2 Å². The minimum absolute atomic E-state index is 0.111. The summed E-state index contributed by atoms with van der Waals surface area (Å²) in [7, 11) is 0. The molecule has 0 bridgehead atoms. The van der Waals surface area contributed by atoms with Crippen molar-refractivity contribution in [3.63, 3.8) is 0 Å². The number of aliphatic hydroxyl groups excluding tert-OH is 1. The molecule has 1 N–H and O–H groups in total. The Morgan fingerprint density at radius 1 is 1.42 bits per heavy atom. The monoisotopic (exact) mass is 301 g/mol. The standard InChI is InChI=1S/C14H17Cl2NO2/c1-9-2-3-10(8-18)7-17(9)14(19)12-6-11(15)4-5-13(12)16/h4-6,9-10,18H,2-3,7-8H2,1H3. The number of carbonyl (C=O) groups is 1. The molecule has 0 aromatic heterocycles. The Labute approximate surface area is 123 Å². The molecule has 1 aliphatic rings. The number of rotatable bonds is 2. The van der Waals surface area contributed by atoms with E-state index in [9.17, 15) is 9.90 Å². The van der Waals surface area contributed by atoms with Crippen molar-refractivity contribution in [2.24, 2.45) is 5.92 Å². The zero-order valence-corrected chi connectivity index (χ0v) is 12.3. The molecule has 2 atom stereocenters. The number of aliphatic hydroxyl groups is 1. The van der Waals surface area contributed by atoms with Crippen LogP contribution in [0.5, 0.6) is 0 Å². The van der Waals surface area contributed by atoms with Crippen molar-refractivity contribution in [3.8, 4) is 0 Å². The van der Waals surface area contributed by atoms with Crippen LogP contribution in [0.2, 0.25) is 10.0 Å². The molecule has 1 amide bonds. The third-order valence-electron chi connectivity index (χ3n) is 3.66. The van der Waals surface area contributed by atoms with E-state index < -0.39 is 0 Å². The topological polar surface area (TPSA) is 40.5 Å². The highest BCUT2D eigenvalue weighted by Gasteiger charge is 2.30. The lowest BCUT2D eigenvalue weighted by Crippen LogP contribution is -2.46. The molecule has 1 aliphatic heterocycles. The number of likely N-dealkylation sites (tertiary alicyclic amines) is 1. The van der Waals surface area contributed by atoms with Crippen LogP contribution in [-0.4, -0.2) is 35.1 Å². The van der Waals surface area contributed by atoms with Gasteiger partial charge in [0.2, 0.25) is 0 Å². The van der Waals surface area contributed by atoms with Gasteiger partial charge in [-0.2, -0.15) is 0 Å². The van der Waals surface area contributed by atoms with Crippen molar-refractivity contribution in [2.75, 3.05) is 13.2 Å². The summed E-state index contributed by atoms with van der Waals surface area (Å²) in [6.45, 7) is 2.70. The Kier molecular flexibility index (Phi) is 4.71. The second-order valence-electron chi connectivity index (χ2n) is 5.06. The van der Waals surface area contributed by atoms with Crippen LogP contribution in [0.4, 0.5) is 0 Å². The van der Waals surface area contributed by atoms with Gasteiger partial charge in [-0.3, -0.25) is 4.79 Å². The maximum absolute atomic E-state index is 12.5. The first-order valence-electron chi connectivity index (χ1n) is 6.39. The summed E-state index contributed by atoms with van der Waals surface area (Å²) in [6.07, 6.45) is 1.85. The van der Waals surface area contributed by atoms with Gasteiger partial charge in [-0.25, -0.2) is 0 Å². The summed E-state index contributed by atoms with van der Waals surface area (Å²) in [5.74, 6) is 0.0382. The summed E-state index contributed by atoms with van der Waals surface area (Å²) in [5.41, 5.74) is 0.430. The third kappa shape index (κ3) is 3.22. The smallest absolute Gasteiger partial charge is 0.255 e. The molecular weight excluding hydrogens is 285 g/mol. The highest BCUT2D eigenvalue weighted by atomic mass is 35.5. The Hall–Kier alpha value is -0.770. The van der Waals surface area contributed by atoms with Gasteiger partial charge < -0.3 is 10.0 Å². The fourth-order valence-corrected chi connectivity index (χ4v) is 2.80. The quantitative estimate of drug-likeness (QED) is 0.911. The summed E-state index contributed by atoms with van der Waals surface area (Å²) in [5, 5.41) is 10.2. The van der Waals surface area contributed by atoms with Gasteiger partial charge >= 0.3 is 0 Å². The first-order chi connectivity index (χ1) is 9.02. The third-order valence-corrected chi connectivity index (χ3v) is 4.22. The van der Waals surface area contributed by atoms with Crippen molar-refractivity contribution in [1.82, 2.24) is 4.90 Å². The summed E-state index contributed by atoms with van der Waals surface area (Å²) >= 11 is 12.0. The van der Waals surface area contributed by atoms with Gasteiger partial charge in [-0.05, 0) is 43.9 Å². The first-order valence-corrected chi connectivity index (χ1v) is 7.15. The number of halogens is 2. The molecule has 2 unspecified atom stereocenters. The van der Waals surface area contributed by atoms with Crippen molar-refractivity contribution < 1.29 is 9.90 Å². The number of benzene rings is 1. The van der Waals surface area contributed by atoms with E-state index in [1.54, 1.807) is 23.1 Å². The van der Waals surface area contributed by atoms with Crippen LogP contribution in [0, 0.1) is 5.92 Å². The molecule has 1 aromatic rings. The van der Waals surface area contributed by atoms with E-state index in [1.807, 2.05) is 6.92 Å². The fraction of sp³-hybridized carbons (Fsp3) is 0.500. The summed E-state index contributed by atoms with van der Waals surface area (Å²) in [4.78, 5) is 14.3. The number of piperidine rings is 1. The SMILES string of the molecule is CC1CCC(CO)CN1C(=O)c1cc(Cl)ccc1Cl. The lowest BCUT2D eigenvalue weighted by Gasteiger charge is -2.37. The Morgan fingerprint density at radius 3 is 2.84 bits per heavy atom. The molecule has 0 saturated carbocycles. The second-order valence-corrected chi connectivity index (χ2v) is 5.90. The van der Waals surface area contributed by atoms with Gasteiger partial charge in [-0.15, -0.1) is 0 Å². The Balaban J connectivity index is 2.24. The van der Waals surface area contributed by atoms with E-state index in [4.69, 9.17) is 23.2 Å². The molecule has 0 radical (unpaired) electrons. The number of amides is 1. The van der Waals surface area contributed by atoms with Gasteiger partial charge in [0.25, 0.3) is 5.91 Å². The van der Waals surface area contributed by atoms with E-state index in [2.05, 4.69) is 0 Å². The molecule has 0 spiro atoms. The number of nitrogens with zero attached hydrogens (tertiary/aromatic N) is 1. The van der Waals surface area contributed by atoms with E-state index in [0.717, 1.165) is 12.8 Å². The van der Waals surface area contributed by atoms with Crippen LogP contribution in [0.25, 0.3) is 0 Å². The molecule has 1 heterocycles. The highest BCUT2D eigenvalue weighted by molar-refractivity contribution is 6.35. The van der Waals surface area contributed by atoms with Crippen molar-refractivity contribution in [3.05, 3.63) is 33.8 Å². The zero-order chi connectivity index (χ0) is 14.0. The predicted molar refractivity (Wildman–Crippen MR) is 76.8 cm³/mol. The molecule has 0 aliphatic carbocycles. The second kappa shape index (κ2) is 6.12. The zero-order valence-electron chi connectivity index (χ0n) is 10.8. The van der Waals surface area contributed by atoms with Crippen LogP contribution in [0.1, 0.15) is 30.1 Å². The summed E-state index contributed by atoms with van der Waals surface area (Å²) < 4.78 is 0. The Bertz CT molecular complexity index is 479. The minimum Gasteiger partial charge on any atom is -0.396 e. The average Bonchev–Trinajstić information content (AvgIpc) is 2.41. The van der Waals surface area contributed by atoms with Gasteiger partial charge in [0.05, 0.1) is 10.6 Å². The number of hydrogen-bond donors (Lipinski definition) is 1. The molecule has 2 rings (SSSR count). The predicted octanol–water partition coefficient (Wildman–Crippen LogP) is 3.23. The lowest BCUT2D eigenvalue weighted by molar-refractivity contribution is 0.0489. The van der Waals surface area contributed by atoms with Crippen molar-refractivity contribution >= 4 is 29.1 Å². The molecular formula is C14H17Cl2NO2. The normalized spacial score (nSPS) is 23.5. The van der Waals surface area contributed by atoms with Crippen LogP contribution in [0.3, 0.4) is 0 Å². The molecule has 1 fully saturated rings. The average molecular weight is 302 g/mol. The van der Waals surface area contributed by atoms with Gasteiger partial charge in [0.15, 0.2) is 0 Å². The maximum atomic E-state index is 12.5. The maximum Gasteiger partial charge on any atom is 0.255 e. The molecule has 3 nitrogen and oxygen atoms in total. The molecule has 1 aromatic carbocycles. The van der Waals surface area contributed by atoms with E-state index in [-0.39, 0.29) is 24.5 Å². The van der Waals surface area contributed by atoms with Crippen LogP contribution in [0.15, 0.2) is 18.2 Å². The largest absolute Gasteiger partial charge is 0.396 e.